The van der Waals surface area contributed by atoms with Crippen molar-refractivity contribution in [1.82, 2.24) is 34.2 Å². The minimum Gasteiger partial charge on any atom is -0.369 e. The molecule has 0 unspecified atom stereocenters. The second kappa shape index (κ2) is 11.8. The van der Waals surface area contributed by atoms with Crippen molar-refractivity contribution in [2.45, 2.75) is 38.6 Å². The van der Waals surface area contributed by atoms with Crippen LogP contribution in [0, 0.1) is 0 Å². The predicted octanol–water partition coefficient (Wildman–Crippen LogP) is 2.29. The zero-order chi connectivity index (χ0) is 27.5. The van der Waals surface area contributed by atoms with Crippen molar-refractivity contribution in [2.24, 2.45) is 0 Å². The van der Waals surface area contributed by atoms with Gasteiger partial charge in [-0.3, -0.25) is 9.59 Å². The van der Waals surface area contributed by atoms with Crippen LogP contribution in [0.25, 0.3) is 22.6 Å². The van der Waals surface area contributed by atoms with Gasteiger partial charge in [0.25, 0.3) is 0 Å². The molecule has 3 aromatic rings. The Morgan fingerprint density at radius 3 is 2.20 bits per heavy atom. The van der Waals surface area contributed by atoms with Crippen LogP contribution in [0.2, 0.25) is 0 Å². The van der Waals surface area contributed by atoms with E-state index in [0.717, 1.165) is 81.8 Å². The molecule has 1 aromatic carbocycles. The van der Waals surface area contributed by atoms with Crippen LogP contribution in [-0.4, -0.2) is 112 Å². The van der Waals surface area contributed by atoms with E-state index >= 15 is 0 Å². The number of carbonyl (C=O) groups is 2. The number of benzene rings is 1. The average molecular weight is 546 g/mol. The maximum atomic E-state index is 12.1. The first-order valence-electron chi connectivity index (χ1n) is 14.6. The summed E-state index contributed by atoms with van der Waals surface area (Å²) in [7, 11) is 2.17. The number of nitrogens with one attached hydrogen (secondary N) is 1. The van der Waals surface area contributed by atoms with E-state index in [1.165, 1.54) is 5.69 Å². The number of piperazine rings is 1. The minimum absolute atomic E-state index is 0.221. The number of carbonyl (C=O) groups excluding carboxylic acids is 2. The molecule has 0 atom stereocenters. The number of anilines is 2. The lowest BCUT2D eigenvalue weighted by molar-refractivity contribution is -0.128. The van der Waals surface area contributed by atoms with Gasteiger partial charge in [-0.25, -0.2) is 15.0 Å². The summed E-state index contributed by atoms with van der Waals surface area (Å²) in [6.07, 6.45) is 5.82. The summed E-state index contributed by atoms with van der Waals surface area (Å²) >= 11 is 0. The molecule has 0 aliphatic carbocycles. The minimum atomic E-state index is 0.221. The molecule has 5 heterocycles. The van der Waals surface area contributed by atoms with Gasteiger partial charge < -0.3 is 29.5 Å². The van der Waals surface area contributed by atoms with Crippen molar-refractivity contribution in [1.29, 1.82) is 0 Å². The maximum absolute atomic E-state index is 12.1. The quantitative estimate of drug-likeness (QED) is 0.387. The molecule has 40 heavy (non-hydrogen) atoms. The van der Waals surface area contributed by atoms with Crippen LogP contribution in [0.1, 0.15) is 32.1 Å². The fourth-order valence-corrected chi connectivity index (χ4v) is 5.83. The van der Waals surface area contributed by atoms with Gasteiger partial charge in [-0.15, -0.1) is 0 Å². The van der Waals surface area contributed by atoms with E-state index in [1.54, 1.807) is 6.33 Å². The van der Waals surface area contributed by atoms with Gasteiger partial charge in [0.15, 0.2) is 17.3 Å². The molecule has 3 fully saturated rings. The highest BCUT2D eigenvalue weighted by atomic mass is 16.2. The first-order chi connectivity index (χ1) is 19.5. The topological polar surface area (TPSA) is 103 Å². The molecule has 0 spiro atoms. The molecule has 0 radical (unpaired) electrons. The summed E-state index contributed by atoms with van der Waals surface area (Å²) in [5.41, 5.74) is 3.65. The number of likely N-dealkylation sites (tertiary alicyclic amines) is 2. The number of imidazole rings is 1. The normalized spacial score (nSPS) is 18.5. The van der Waals surface area contributed by atoms with Crippen molar-refractivity contribution in [2.75, 3.05) is 76.2 Å². The maximum Gasteiger partial charge on any atom is 0.222 e. The average Bonchev–Trinajstić information content (AvgIpc) is 3.70. The van der Waals surface area contributed by atoms with Gasteiger partial charge >= 0.3 is 0 Å². The number of amides is 2. The highest BCUT2D eigenvalue weighted by Crippen LogP contribution is 2.27. The van der Waals surface area contributed by atoms with E-state index in [4.69, 9.17) is 9.97 Å². The van der Waals surface area contributed by atoms with E-state index in [-0.39, 0.29) is 11.8 Å². The Labute approximate surface area is 235 Å². The Morgan fingerprint density at radius 2 is 1.52 bits per heavy atom. The van der Waals surface area contributed by atoms with Crippen LogP contribution in [-0.2, 0) is 16.1 Å². The van der Waals surface area contributed by atoms with Gasteiger partial charge in [-0.1, -0.05) is 0 Å². The Hall–Kier alpha value is -3.73. The number of likely N-dealkylation sites (N-methyl/N-ethyl adjacent to an activating group) is 1. The third kappa shape index (κ3) is 5.74. The van der Waals surface area contributed by atoms with Gasteiger partial charge in [-0.2, -0.15) is 0 Å². The molecule has 11 nitrogen and oxygen atoms in total. The summed E-state index contributed by atoms with van der Waals surface area (Å²) in [6, 6.07) is 8.51. The van der Waals surface area contributed by atoms with E-state index in [1.807, 2.05) is 14.4 Å². The number of rotatable bonds is 10. The van der Waals surface area contributed by atoms with Crippen molar-refractivity contribution < 1.29 is 9.59 Å². The Kier molecular flexibility index (Phi) is 7.81. The number of hydrogen-bond donors (Lipinski definition) is 1. The van der Waals surface area contributed by atoms with Crippen molar-refractivity contribution in [3.8, 4) is 11.4 Å². The van der Waals surface area contributed by atoms with Gasteiger partial charge in [0.1, 0.15) is 5.52 Å². The molecular weight excluding hydrogens is 506 g/mol. The summed E-state index contributed by atoms with van der Waals surface area (Å²) in [4.78, 5) is 47.3. The fraction of sp³-hybridized carbons (Fsp3) is 0.552. The molecule has 212 valence electrons. The first-order valence-corrected chi connectivity index (χ1v) is 14.6. The molecule has 0 saturated carbocycles. The number of aromatic nitrogens is 4. The molecule has 0 bridgehead atoms. The predicted molar refractivity (Wildman–Crippen MR) is 155 cm³/mol. The highest BCUT2D eigenvalue weighted by molar-refractivity contribution is 5.85. The molecule has 3 aliphatic rings. The zero-order valence-electron chi connectivity index (χ0n) is 23.4. The SMILES string of the molecule is CN1CCN(c2ccc(-c3nc(NCCCN4CCCC4=O)c4ncn(CCN5CCCC5=O)c4n3)cc2)CC1. The molecule has 6 rings (SSSR count). The van der Waals surface area contributed by atoms with Crippen LogP contribution in [0.5, 0.6) is 0 Å². The molecule has 11 heteroatoms. The number of hydrogen-bond acceptors (Lipinski definition) is 8. The van der Waals surface area contributed by atoms with Crippen molar-refractivity contribution >= 4 is 34.5 Å². The lowest BCUT2D eigenvalue weighted by Crippen LogP contribution is -2.44. The van der Waals surface area contributed by atoms with Crippen molar-refractivity contribution in [3.05, 3.63) is 30.6 Å². The van der Waals surface area contributed by atoms with Gasteiger partial charge in [0.2, 0.25) is 11.8 Å². The molecule has 2 amide bonds. The molecule has 1 N–H and O–H groups in total. The van der Waals surface area contributed by atoms with E-state index < -0.39 is 0 Å². The summed E-state index contributed by atoms with van der Waals surface area (Å²) < 4.78 is 2.03. The second-order valence-corrected chi connectivity index (χ2v) is 11.1. The Bertz CT molecular complexity index is 1350. The first kappa shape index (κ1) is 26.5. The van der Waals surface area contributed by atoms with Gasteiger partial charge in [0.05, 0.1) is 6.33 Å². The van der Waals surface area contributed by atoms with Crippen LogP contribution in [0.15, 0.2) is 30.6 Å². The summed E-state index contributed by atoms with van der Waals surface area (Å²) in [5.74, 6) is 1.82. The van der Waals surface area contributed by atoms with E-state index in [9.17, 15) is 9.59 Å². The van der Waals surface area contributed by atoms with Crippen LogP contribution in [0.4, 0.5) is 11.5 Å². The number of fused-ring (bicyclic) bond motifs is 1. The zero-order valence-corrected chi connectivity index (χ0v) is 23.4. The standard InChI is InChI=1S/C29H39N9O2/c1-34-15-17-35(18-16-34)23-9-7-22(8-10-23)27-32-28(30-11-4-14-36-12-2-5-24(36)39)26-29(33-27)38(21-31-26)20-19-37-13-3-6-25(37)40/h7-10,21H,2-6,11-20H2,1H3,(H,30,32,33). The molecular formula is C29H39N9O2. The molecule has 3 saturated heterocycles. The molecule has 3 aliphatic heterocycles. The third-order valence-electron chi connectivity index (χ3n) is 8.31. The van der Waals surface area contributed by atoms with E-state index in [0.29, 0.717) is 44.1 Å². The third-order valence-corrected chi connectivity index (χ3v) is 8.31. The fourth-order valence-electron chi connectivity index (χ4n) is 5.83. The Balaban J connectivity index is 1.22. The summed E-state index contributed by atoms with van der Waals surface area (Å²) in [5, 5.41) is 3.48. The molecule has 2 aromatic heterocycles. The summed E-state index contributed by atoms with van der Waals surface area (Å²) in [6.45, 7) is 8.57. The van der Waals surface area contributed by atoms with Crippen molar-refractivity contribution in [3.63, 3.8) is 0 Å². The van der Waals surface area contributed by atoms with Crippen LogP contribution >= 0.6 is 0 Å². The van der Waals surface area contributed by atoms with Crippen LogP contribution in [0.3, 0.4) is 0 Å². The Morgan fingerprint density at radius 1 is 0.825 bits per heavy atom. The van der Waals surface area contributed by atoms with Gasteiger partial charge in [0, 0.05) is 89.5 Å². The second-order valence-electron chi connectivity index (χ2n) is 11.1. The van der Waals surface area contributed by atoms with E-state index in [2.05, 4.69) is 51.4 Å². The van der Waals surface area contributed by atoms with Gasteiger partial charge in [-0.05, 0) is 50.6 Å². The number of nitrogens with zero attached hydrogens (tertiary/aromatic N) is 8. The monoisotopic (exact) mass is 545 g/mol. The smallest absolute Gasteiger partial charge is 0.222 e. The highest BCUT2D eigenvalue weighted by Gasteiger charge is 2.22. The largest absolute Gasteiger partial charge is 0.369 e. The van der Waals surface area contributed by atoms with Crippen LogP contribution < -0.4 is 10.2 Å². The lowest BCUT2D eigenvalue weighted by Gasteiger charge is -2.34. The lowest BCUT2D eigenvalue weighted by atomic mass is 10.1.